The van der Waals surface area contributed by atoms with Gasteiger partial charge >= 0.3 is 0 Å². The summed E-state index contributed by atoms with van der Waals surface area (Å²) in [5.41, 5.74) is 1.46. The van der Waals surface area contributed by atoms with E-state index in [4.69, 9.17) is 4.74 Å². The Labute approximate surface area is 129 Å². The normalized spacial score (nSPS) is 18.5. The predicted octanol–water partition coefficient (Wildman–Crippen LogP) is 2.31. The van der Waals surface area contributed by atoms with Crippen molar-refractivity contribution in [3.8, 4) is 0 Å². The molecule has 0 unspecified atom stereocenters. The molecule has 1 aromatic carbocycles. The molecule has 1 atom stereocenters. The van der Waals surface area contributed by atoms with Gasteiger partial charge in [0.2, 0.25) is 5.91 Å². The van der Waals surface area contributed by atoms with Gasteiger partial charge in [0.1, 0.15) is 5.82 Å². The van der Waals surface area contributed by atoms with Crippen LogP contribution in [0.15, 0.2) is 42.6 Å². The smallest absolute Gasteiger partial charge is 0.227 e. The Hall–Kier alpha value is -2.14. The second kappa shape index (κ2) is 6.32. The maximum atomic E-state index is 13.8. The Morgan fingerprint density at radius 1 is 1.32 bits per heavy atom. The number of aryl methyl sites for hydroxylation is 1. The van der Waals surface area contributed by atoms with Crippen molar-refractivity contribution >= 4 is 5.91 Å². The summed E-state index contributed by atoms with van der Waals surface area (Å²) >= 11 is 0. The fraction of sp³-hybridized carbons (Fsp3) is 0.353. The molecule has 1 aromatic heterocycles. The third-order valence-electron chi connectivity index (χ3n) is 4.07. The molecule has 22 heavy (non-hydrogen) atoms. The lowest BCUT2D eigenvalue weighted by Crippen LogP contribution is -2.44. The molecule has 4 nitrogen and oxygen atoms in total. The summed E-state index contributed by atoms with van der Waals surface area (Å²) in [4.78, 5) is 14.4. The van der Waals surface area contributed by atoms with Crippen molar-refractivity contribution < 1.29 is 13.9 Å². The van der Waals surface area contributed by atoms with Gasteiger partial charge in [-0.2, -0.15) is 0 Å². The van der Waals surface area contributed by atoms with E-state index in [1.54, 1.807) is 23.1 Å². The fourth-order valence-corrected chi connectivity index (χ4v) is 2.87. The van der Waals surface area contributed by atoms with Gasteiger partial charge in [-0.05, 0) is 23.8 Å². The van der Waals surface area contributed by atoms with Gasteiger partial charge in [0.05, 0.1) is 25.7 Å². The van der Waals surface area contributed by atoms with Gasteiger partial charge in [0.15, 0.2) is 0 Å². The standard InChI is InChI=1S/C17H19FN2O2/c1-19-8-4-7-15(19)16-12-22-10-9-20(16)17(21)11-13-5-2-3-6-14(13)18/h2-8,16H,9-12H2,1H3/t16-/m0/s1. The number of carbonyl (C=O) groups is 1. The Kier molecular flexibility index (Phi) is 4.24. The monoisotopic (exact) mass is 302 g/mol. The van der Waals surface area contributed by atoms with Gasteiger partial charge in [-0.25, -0.2) is 4.39 Å². The Morgan fingerprint density at radius 3 is 2.86 bits per heavy atom. The van der Waals surface area contributed by atoms with Gasteiger partial charge in [0, 0.05) is 25.5 Å². The minimum absolute atomic E-state index is 0.0698. The molecule has 3 rings (SSSR count). The Bertz CT molecular complexity index is 668. The average Bonchev–Trinajstić information content (AvgIpc) is 2.95. The van der Waals surface area contributed by atoms with Crippen molar-refractivity contribution in [2.75, 3.05) is 19.8 Å². The number of hydrogen-bond acceptors (Lipinski definition) is 2. The summed E-state index contributed by atoms with van der Waals surface area (Å²) in [6.07, 6.45) is 2.02. The molecular formula is C17H19FN2O2. The van der Waals surface area contributed by atoms with E-state index in [0.717, 1.165) is 5.69 Å². The van der Waals surface area contributed by atoms with E-state index in [1.807, 2.05) is 29.9 Å². The number of ether oxygens (including phenoxy) is 1. The SMILES string of the molecule is Cn1cccc1[C@@H]1COCCN1C(=O)Cc1ccccc1F. The molecule has 1 aliphatic heterocycles. The maximum absolute atomic E-state index is 13.8. The molecule has 5 heteroatoms. The van der Waals surface area contributed by atoms with Gasteiger partial charge in [-0.1, -0.05) is 18.2 Å². The molecule has 0 saturated carbocycles. The van der Waals surface area contributed by atoms with Crippen molar-refractivity contribution in [3.05, 3.63) is 59.7 Å². The molecule has 1 saturated heterocycles. The first-order valence-corrected chi connectivity index (χ1v) is 7.38. The quantitative estimate of drug-likeness (QED) is 0.872. The van der Waals surface area contributed by atoms with Crippen LogP contribution in [-0.4, -0.2) is 35.1 Å². The lowest BCUT2D eigenvalue weighted by Gasteiger charge is -2.36. The molecule has 1 fully saturated rings. The topological polar surface area (TPSA) is 34.5 Å². The van der Waals surface area contributed by atoms with E-state index in [0.29, 0.717) is 25.3 Å². The van der Waals surface area contributed by atoms with Crippen LogP contribution in [0.1, 0.15) is 17.3 Å². The van der Waals surface area contributed by atoms with Crippen LogP contribution in [-0.2, 0) is 23.0 Å². The Morgan fingerprint density at radius 2 is 2.14 bits per heavy atom. The number of aromatic nitrogens is 1. The molecule has 1 amide bonds. The summed E-state index contributed by atoms with van der Waals surface area (Å²) in [7, 11) is 1.95. The minimum atomic E-state index is -0.334. The molecule has 0 N–H and O–H groups in total. The molecule has 116 valence electrons. The summed E-state index contributed by atoms with van der Waals surface area (Å²) < 4.78 is 21.3. The molecule has 2 heterocycles. The van der Waals surface area contributed by atoms with E-state index < -0.39 is 0 Å². The van der Waals surface area contributed by atoms with Crippen LogP contribution in [0.5, 0.6) is 0 Å². The summed E-state index contributed by atoms with van der Waals surface area (Å²) in [6, 6.07) is 10.2. The second-order valence-electron chi connectivity index (χ2n) is 5.49. The minimum Gasteiger partial charge on any atom is -0.377 e. The van der Waals surface area contributed by atoms with Gasteiger partial charge in [0.25, 0.3) is 0 Å². The lowest BCUT2D eigenvalue weighted by molar-refractivity contribution is -0.139. The van der Waals surface area contributed by atoms with Crippen LogP contribution in [0.4, 0.5) is 4.39 Å². The van der Waals surface area contributed by atoms with E-state index in [-0.39, 0.29) is 24.2 Å². The number of benzene rings is 1. The average molecular weight is 302 g/mol. The zero-order valence-corrected chi connectivity index (χ0v) is 12.5. The number of halogens is 1. The highest BCUT2D eigenvalue weighted by molar-refractivity contribution is 5.79. The zero-order chi connectivity index (χ0) is 15.5. The summed E-state index contributed by atoms with van der Waals surface area (Å²) in [6.45, 7) is 1.52. The Balaban J connectivity index is 1.80. The molecule has 0 bridgehead atoms. The van der Waals surface area contributed by atoms with Crippen LogP contribution < -0.4 is 0 Å². The summed E-state index contributed by atoms with van der Waals surface area (Å²) in [5, 5.41) is 0. The van der Waals surface area contributed by atoms with Crippen LogP contribution in [0.25, 0.3) is 0 Å². The largest absolute Gasteiger partial charge is 0.377 e. The second-order valence-corrected chi connectivity index (χ2v) is 5.49. The summed E-state index contributed by atoms with van der Waals surface area (Å²) in [5.74, 6) is -0.404. The van der Waals surface area contributed by atoms with Crippen molar-refractivity contribution in [2.24, 2.45) is 7.05 Å². The van der Waals surface area contributed by atoms with Crippen molar-refractivity contribution in [1.82, 2.24) is 9.47 Å². The predicted molar refractivity (Wildman–Crippen MR) is 80.8 cm³/mol. The molecule has 0 aliphatic carbocycles. The molecule has 0 spiro atoms. The maximum Gasteiger partial charge on any atom is 0.227 e. The molecule has 1 aliphatic rings. The van der Waals surface area contributed by atoms with E-state index in [2.05, 4.69) is 0 Å². The van der Waals surface area contributed by atoms with Gasteiger partial charge < -0.3 is 14.2 Å². The number of rotatable bonds is 3. The van der Waals surface area contributed by atoms with Crippen LogP contribution >= 0.6 is 0 Å². The van der Waals surface area contributed by atoms with E-state index in [1.165, 1.54) is 6.07 Å². The highest BCUT2D eigenvalue weighted by Crippen LogP contribution is 2.25. The third-order valence-corrected chi connectivity index (χ3v) is 4.07. The molecular weight excluding hydrogens is 283 g/mol. The van der Waals surface area contributed by atoms with Gasteiger partial charge in [-0.3, -0.25) is 4.79 Å². The number of morpholine rings is 1. The first-order valence-electron chi connectivity index (χ1n) is 7.38. The van der Waals surface area contributed by atoms with Crippen LogP contribution in [0.3, 0.4) is 0 Å². The molecule has 0 radical (unpaired) electrons. The zero-order valence-electron chi connectivity index (χ0n) is 12.5. The lowest BCUT2D eigenvalue weighted by atomic mass is 10.1. The van der Waals surface area contributed by atoms with E-state index in [9.17, 15) is 9.18 Å². The molecule has 2 aromatic rings. The van der Waals surface area contributed by atoms with Gasteiger partial charge in [-0.15, -0.1) is 0 Å². The number of nitrogens with zero attached hydrogens (tertiary/aromatic N) is 2. The van der Waals surface area contributed by atoms with Crippen molar-refractivity contribution in [1.29, 1.82) is 0 Å². The van der Waals surface area contributed by atoms with E-state index >= 15 is 0 Å². The highest BCUT2D eigenvalue weighted by Gasteiger charge is 2.30. The number of amides is 1. The fourth-order valence-electron chi connectivity index (χ4n) is 2.87. The number of hydrogen-bond donors (Lipinski definition) is 0. The first kappa shape index (κ1) is 14.8. The third kappa shape index (κ3) is 2.90. The van der Waals surface area contributed by atoms with Crippen molar-refractivity contribution in [3.63, 3.8) is 0 Å². The highest BCUT2D eigenvalue weighted by atomic mass is 19.1. The van der Waals surface area contributed by atoms with Crippen LogP contribution in [0, 0.1) is 5.82 Å². The first-order chi connectivity index (χ1) is 10.7. The van der Waals surface area contributed by atoms with Crippen molar-refractivity contribution in [2.45, 2.75) is 12.5 Å². The number of carbonyl (C=O) groups excluding carboxylic acids is 1. The van der Waals surface area contributed by atoms with Crippen LogP contribution in [0.2, 0.25) is 0 Å².